The first-order chi connectivity index (χ1) is 11.2. The van der Waals surface area contributed by atoms with Crippen LogP contribution in [0.5, 0.6) is 0 Å². The molecule has 0 spiro atoms. The molecule has 0 heterocycles. The van der Waals surface area contributed by atoms with Crippen LogP contribution in [-0.2, 0) is 14.3 Å². The normalized spacial score (nSPS) is 12.0. The standard InChI is InChI=1S/C17H23ClN2O4/c1-10(2)15(12-5-7-13(18)8-6-12)16(22)24-9-14(21)20-17(23)19-11(3)4/h5-8,10-11,15H,9H2,1-4H3,(H2,19,20,21,23)/t15-/m1/s1. The highest BCUT2D eigenvalue weighted by Crippen LogP contribution is 2.27. The third-order valence-corrected chi connectivity index (χ3v) is 3.42. The molecule has 6 nitrogen and oxygen atoms in total. The Balaban J connectivity index is 2.62. The SMILES string of the molecule is CC(C)NC(=O)NC(=O)COC(=O)[C@@H](c1ccc(Cl)cc1)C(C)C. The fourth-order valence-electron chi connectivity index (χ4n) is 2.15. The smallest absolute Gasteiger partial charge is 0.321 e. The number of carbonyl (C=O) groups is 3. The second-order valence-electron chi connectivity index (χ2n) is 6.06. The number of nitrogens with one attached hydrogen (secondary N) is 2. The van der Waals surface area contributed by atoms with Gasteiger partial charge in [-0.05, 0) is 37.5 Å². The van der Waals surface area contributed by atoms with Gasteiger partial charge in [-0.2, -0.15) is 0 Å². The lowest BCUT2D eigenvalue weighted by atomic mass is 9.88. The van der Waals surface area contributed by atoms with E-state index in [1.165, 1.54) is 0 Å². The van der Waals surface area contributed by atoms with Gasteiger partial charge in [0.1, 0.15) is 0 Å². The average molecular weight is 355 g/mol. The quantitative estimate of drug-likeness (QED) is 0.769. The van der Waals surface area contributed by atoms with Crippen molar-refractivity contribution in [3.8, 4) is 0 Å². The summed E-state index contributed by atoms with van der Waals surface area (Å²) in [5, 5.41) is 5.18. The van der Waals surface area contributed by atoms with Gasteiger partial charge < -0.3 is 10.1 Å². The van der Waals surface area contributed by atoms with Crippen molar-refractivity contribution in [2.75, 3.05) is 6.61 Å². The number of hydrogen-bond donors (Lipinski definition) is 2. The number of ether oxygens (including phenoxy) is 1. The van der Waals surface area contributed by atoms with E-state index in [4.69, 9.17) is 16.3 Å². The number of rotatable bonds is 6. The van der Waals surface area contributed by atoms with Gasteiger partial charge in [0.15, 0.2) is 6.61 Å². The molecule has 0 fully saturated rings. The number of imide groups is 1. The number of carbonyl (C=O) groups excluding carboxylic acids is 3. The molecule has 0 aliphatic heterocycles. The van der Waals surface area contributed by atoms with Crippen LogP contribution in [0.15, 0.2) is 24.3 Å². The van der Waals surface area contributed by atoms with Crippen LogP contribution in [0.1, 0.15) is 39.2 Å². The van der Waals surface area contributed by atoms with E-state index in [9.17, 15) is 14.4 Å². The lowest BCUT2D eigenvalue weighted by molar-refractivity contribution is -0.150. The number of esters is 1. The van der Waals surface area contributed by atoms with Gasteiger partial charge >= 0.3 is 12.0 Å². The van der Waals surface area contributed by atoms with Crippen molar-refractivity contribution in [1.29, 1.82) is 0 Å². The van der Waals surface area contributed by atoms with Gasteiger partial charge in [-0.1, -0.05) is 37.6 Å². The Morgan fingerprint density at radius 2 is 1.67 bits per heavy atom. The van der Waals surface area contributed by atoms with Crippen LogP contribution in [0.25, 0.3) is 0 Å². The molecule has 1 atom stereocenters. The third-order valence-electron chi connectivity index (χ3n) is 3.17. The lowest BCUT2D eigenvalue weighted by Crippen LogP contribution is -2.44. The molecule has 1 aromatic carbocycles. The minimum atomic E-state index is -0.680. The molecule has 0 aliphatic carbocycles. The number of urea groups is 1. The predicted molar refractivity (Wildman–Crippen MR) is 91.8 cm³/mol. The molecule has 0 saturated heterocycles. The van der Waals surface area contributed by atoms with Crippen LogP contribution < -0.4 is 10.6 Å². The summed E-state index contributed by atoms with van der Waals surface area (Å²) in [6.07, 6.45) is 0. The fourth-order valence-corrected chi connectivity index (χ4v) is 2.28. The highest BCUT2D eigenvalue weighted by molar-refractivity contribution is 6.30. The summed E-state index contributed by atoms with van der Waals surface area (Å²) >= 11 is 5.86. The Labute approximate surface area is 146 Å². The molecule has 2 N–H and O–H groups in total. The summed E-state index contributed by atoms with van der Waals surface area (Å²) in [5.74, 6) is -1.74. The molecule has 0 aliphatic rings. The lowest BCUT2D eigenvalue weighted by Gasteiger charge is -2.20. The van der Waals surface area contributed by atoms with Gasteiger partial charge in [0.05, 0.1) is 5.92 Å². The van der Waals surface area contributed by atoms with E-state index >= 15 is 0 Å². The highest BCUT2D eigenvalue weighted by atomic mass is 35.5. The Bertz CT molecular complexity index is 585. The van der Waals surface area contributed by atoms with E-state index in [1.807, 2.05) is 13.8 Å². The average Bonchev–Trinajstić information content (AvgIpc) is 2.46. The maximum atomic E-state index is 12.3. The van der Waals surface area contributed by atoms with Crippen LogP contribution in [0, 0.1) is 5.92 Å². The first-order valence-corrected chi connectivity index (χ1v) is 8.11. The predicted octanol–water partition coefficient (Wildman–Crippen LogP) is 2.86. The molecule has 0 aromatic heterocycles. The summed E-state index contributed by atoms with van der Waals surface area (Å²) in [6.45, 7) is 6.79. The first kappa shape index (κ1) is 20.0. The topological polar surface area (TPSA) is 84.5 Å². The number of halogens is 1. The van der Waals surface area contributed by atoms with E-state index < -0.39 is 30.4 Å². The van der Waals surface area contributed by atoms with Crippen molar-refractivity contribution in [2.24, 2.45) is 5.92 Å². The summed E-state index contributed by atoms with van der Waals surface area (Å²) < 4.78 is 5.05. The monoisotopic (exact) mass is 354 g/mol. The van der Waals surface area contributed by atoms with Crippen LogP contribution in [0.4, 0.5) is 4.79 Å². The minimum absolute atomic E-state index is 0.0222. The molecule has 0 saturated carbocycles. The molecule has 132 valence electrons. The Morgan fingerprint density at radius 3 is 2.17 bits per heavy atom. The molecule has 1 rings (SSSR count). The van der Waals surface area contributed by atoms with Gasteiger partial charge in [-0.25, -0.2) is 4.79 Å². The van der Waals surface area contributed by atoms with Gasteiger partial charge in [0.25, 0.3) is 5.91 Å². The van der Waals surface area contributed by atoms with E-state index in [0.29, 0.717) is 5.02 Å². The maximum absolute atomic E-state index is 12.3. The fraction of sp³-hybridized carbons (Fsp3) is 0.471. The summed E-state index contributed by atoms with van der Waals surface area (Å²) in [6, 6.07) is 6.18. The van der Waals surface area contributed by atoms with Crippen LogP contribution in [0.2, 0.25) is 5.02 Å². The zero-order valence-electron chi connectivity index (χ0n) is 14.3. The molecular formula is C17H23ClN2O4. The second kappa shape index (κ2) is 9.27. The summed E-state index contributed by atoms with van der Waals surface area (Å²) in [5.41, 5.74) is 0.761. The summed E-state index contributed by atoms with van der Waals surface area (Å²) in [4.78, 5) is 35.4. The van der Waals surface area contributed by atoms with Crippen molar-refractivity contribution < 1.29 is 19.1 Å². The Hall–Kier alpha value is -2.08. The molecule has 0 unspecified atom stereocenters. The van der Waals surface area contributed by atoms with E-state index in [-0.39, 0.29) is 12.0 Å². The molecule has 24 heavy (non-hydrogen) atoms. The minimum Gasteiger partial charge on any atom is -0.455 e. The first-order valence-electron chi connectivity index (χ1n) is 7.73. The molecule has 7 heteroatoms. The van der Waals surface area contributed by atoms with E-state index in [0.717, 1.165) is 5.56 Å². The van der Waals surface area contributed by atoms with Crippen molar-refractivity contribution in [3.63, 3.8) is 0 Å². The maximum Gasteiger partial charge on any atom is 0.321 e. The number of benzene rings is 1. The van der Waals surface area contributed by atoms with E-state index in [1.54, 1.807) is 38.1 Å². The van der Waals surface area contributed by atoms with Crippen molar-refractivity contribution >= 4 is 29.5 Å². The zero-order valence-corrected chi connectivity index (χ0v) is 15.0. The second-order valence-corrected chi connectivity index (χ2v) is 6.49. The zero-order chi connectivity index (χ0) is 18.3. The van der Waals surface area contributed by atoms with Gasteiger partial charge in [-0.3, -0.25) is 14.9 Å². The van der Waals surface area contributed by atoms with Gasteiger partial charge in [-0.15, -0.1) is 0 Å². The number of amides is 3. The third kappa shape index (κ3) is 6.58. The Morgan fingerprint density at radius 1 is 1.08 bits per heavy atom. The van der Waals surface area contributed by atoms with Crippen LogP contribution in [0.3, 0.4) is 0 Å². The van der Waals surface area contributed by atoms with Crippen molar-refractivity contribution in [1.82, 2.24) is 10.6 Å². The van der Waals surface area contributed by atoms with Crippen molar-refractivity contribution in [2.45, 2.75) is 39.7 Å². The molecule has 3 amide bonds. The number of hydrogen-bond acceptors (Lipinski definition) is 4. The van der Waals surface area contributed by atoms with Gasteiger partial charge in [0.2, 0.25) is 0 Å². The molecular weight excluding hydrogens is 332 g/mol. The summed E-state index contributed by atoms with van der Waals surface area (Å²) in [7, 11) is 0. The van der Waals surface area contributed by atoms with Crippen molar-refractivity contribution in [3.05, 3.63) is 34.9 Å². The molecule has 0 radical (unpaired) electrons. The molecule has 0 bridgehead atoms. The largest absolute Gasteiger partial charge is 0.455 e. The van der Waals surface area contributed by atoms with Crippen LogP contribution >= 0.6 is 11.6 Å². The Kier molecular flexibility index (Phi) is 7.71. The highest BCUT2D eigenvalue weighted by Gasteiger charge is 2.26. The van der Waals surface area contributed by atoms with Crippen LogP contribution in [-0.4, -0.2) is 30.6 Å². The molecule has 1 aromatic rings. The van der Waals surface area contributed by atoms with Gasteiger partial charge in [0, 0.05) is 11.1 Å². The van der Waals surface area contributed by atoms with E-state index in [2.05, 4.69) is 10.6 Å².